The molecule has 0 radical (unpaired) electrons. The summed E-state index contributed by atoms with van der Waals surface area (Å²) < 4.78 is 9.91. The monoisotopic (exact) mass is 320 g/mol. The number of carbonyl (C=O) groups is 1. The summed E-state index contributed by atoms with van der Waals surface area (Å²) in [5.74, 6) is 0.372. The number of fused-ring (bicyclic) bond motifs is 2. The fourth-order valence-corrected chi connectivity index (χ4v) is 2.90. The van der Waals surface area contributed by atoms with Gasteiger partial charge in [-0.2, -0.15) is 0 Å². The van der Waals surface area contributed by atoms with Crippen molar-refractivity contribution in [2.45, 2.75) is 0 Å². The van der Waals surface area contributed by atoms with Crippen LogP contribution in [-0.4, -0.2) is 13.3 Å². The summed E-state index contributed by atoms with van der Waals surface area (Å²) in [6.07, 6.45) is -0.793. The van der Waals surface area contributed by atoms with E-state index in [1.807, 2.05) is 30.3 Å². The highest BCUT2D eigenvalue weighted by Crippen LogP contribution is 2.40. The minimum atomic E-state index is -0.793. The number of carbonyl (C=O) groups excluding carboxylic acids is 1. The Morgan fingerprint density at radius 2 is 1.81 bits per heavy atom. The summed E-state index contributed by atoms with van der Waals surface area (Å²) in [6.45, 7) is 0. The molecule has 5 heteroatoms. The van der Waals surface area contributed by atoms with Crippen LogP contribution in [0.25, 0.3) is 21.5 Å². The van der Waals surface area contributed by atoms with Gasteiger partial charge in [0.1, 0.15) is 0 Å². The number of halogens is 2. The molecular formula is C16H10Cl2O3. The quantitative estimate of drug-likeness (QED) is 0.340. The second-order valence-electron chi connectivity index (χ2n) is 4.47. The molecule has 0 saturated carbocycles. The molecule has 3 rings (SSSR count). The first-order valence-electron chi connectivity index (χ1n) is 6.16. The van der Waals surface area contributed by atoms with Gasteiger partial charge in [-0.1, -0.05) is 47.5 Å². The maximum atomic E-state index is 11.5. The molecule has 0 atom stereocenters. The van der Waals surface area contributed by atoms with E-state index in [-0.39, 0.29) is 0 Å². The Bertz CT molecular complexity index is 859. The summed E-state index contributed by atoms with van der Waals surface area (Å²) in [4.78, 5) is 11.5. The van der Waals surface area contributed by atoms with E-state index >= 15 is 0 Å². The number of benzene rings is 3. The molecule has 0 aromatic heterocycles. The van der Waals surface area contributed by atoms with Crippen molar-refractivity contribution < 1.29 is 14.3 Å². The molecule has 0 saturated heterocycles. The summed E-state index contributed by atoms with van der Waals surface area (Å²) in [5, 5.41) is 4.06. The Labute approximate surface area is 131 Å². The highest BCUT2D eigenvalue weighted by molar-refractivity contribution is 6.39. The van der Waals surface area contributed by atoms with Crippen LogP contribution in [0, 0.1) is 0 Å². The maximum absolute atomic E-state index is 11.5. The van der Waals surface area contributed by atoms with Crippen molar-refractivity contribution in [1.82, 2.24) is 0 Å². The Morgan fingerprint density at radius 3 is 2.57 bits per heavy atom. The molecule has 3 aromatic carbocycles. The first kappa shape index (κ1) is 14.0. The number of hydrogen-bond acceptors (Lipinski definition) is 3. The maximum Gasteiger partial charge on any atom is 0.513 e. The predicted octanol–water partition coefficient (Wildman–Crippen LogP) is 5.45. The molecule has 0 heterocycles. The van der Waals surface area contributed by atoms with Gasteiger partial charge in [-0.15, -0.1) is 0 Å². The van der Waals surface area contributed by atoms with Crippen molar-refractivity contribution in [3.8, 4) is 5.75 Å². The van der Waals surface area contributed by atoms with E-state index in [9.17, 15) is 4.79 Å². The van der Waals surface area contributed by atoms with Crippen LogP contribution in [0.4, 0.5) is 4.79 Å². The summed E-state index contributed by atoms with van der Waals surface area (Å²) in [5.41, 5.74) is 0. The Morgan fingerprint density at radius 1 is 1.05 bits per heavy atom. The van der Waals surface area contributed by atoms with Gasteiger partial charge in [0.05, 0.1) is 12.1 Å². The molecule has 0 bridgehead atoms. The fourth-order valence-electron chi connectivity index (χ4n) is 2.31. The number of hydrogen-bond donors (Lipinski definition) is 0. The summed E-state index contributed by atoms with van der Waals surface area (Å²) >= 11 is 12.3. The zero-order valence-corrected chi connectivity index (χ0v) is 12.5. The molecule has 3 aromatic rings. The third-order valence-corrected chi connectivity index (χ3v) is 3.70. The second-order valence-corrected chi connectivity index (χ2v) is 5.31. The van der Waals surface area contributed by atoms with Crippen LogP contribution in [0.5, 0.6) is 5.75 Å². The van der Waals surface area contributed by atoms with E-state index in [0.29, 0.717) is 21.2 Å². The molecule has 106 valence electrons. The van der Waals surface area contributed by atoms with Crippen LogP contribution in [0.15, 0.2) is 42.5 Å². The SMILES string of the molecule is COC(=O)Oc1c2ccccc2cc2cc(Cl)cc(Cl)c12. The van der Waals surface area contributed by atoms with Gasteiger partial charge in [-0.3, -0.25) is 0 Å². The van der Waals surface area contributed by atoms with Crippen molar-refractivity contribution in [3.63, 3.8) is 0 Å². The number of rotatable bonds is 1. The van der Waals surface area contributed by atoms with Crippen molar-refractivity contribution >= 4 is 50.9 Å². The molecule has 0 spiro atoms. The van der Waals surface area contributed by atoms with Gasteiger partial charge in [0.2, 0.25) is 0 Å². The number of methoxy groups -OCH3 is 1. The lowest BCUT2D eigenvalue weighted by Gasteiger charge is -2.12. The lowest BCUT2D eigenvalue weighted by atomic mass is 10.0. The van der Waals surface area contributed by atoms with Crippen LogP contribution in [0.1, 0.15) is 0 Å². The summed E-state index contributed by atoms with van der Waals surface area (Å²) in [7, 11) is 1.26. The van der Waals surface area contributed by atoms with Crippen LogP contribution in [0.2, 0.25) is 10.0 Å². The van der Waals surface area contributed by atoms with Crippen molar-refractivity contribution in [2.24, 2.45) is 0 Å². The van der Waals surface area contributed by atoms with Crippen LogP contribution >= 0.6 is 23.2 Å². The van der Waals surface area contributed by atoms with E-state index in [4.69, 9.17) is 27.9 Å². The first-order chi connectivity index (χ1) is 10.1. The van der Waals surface area contributed by atoms with Gasteiger partial charge in [0.25, 0.3) is 0 Å². The molecule has 0 unspecified atom stereocenters. The minimum absolute atomic E-state index is 0.372. The average Bonchev–Trinajstić information content (AvgIpc) is 2.46. The van der Waals surface area contributed by atoms with Crippen LogP contribution < -0.4 is 4.74 Å². The Balaban J connectivity index is 2.43. The van der Waals surface area contributed by atoms with E-state index < -0.39 is 6.16 Å². The van der Waals surface area contributed by atoms with Gasteiger partial charge in [0, 0.05) is 15.8 Å². The lowest BCUT2D eigenvalue weighted by Crippen LogP contribution is -2.08. The van der Waals surface area contributed by atoms with Crippen molar-refractivity contribution in [1.29, 1.82) is 0 Å². The summed E-state index contributed by atoms with van der Waals surface area (Å²) in [6, 6.07) is 12.9. The van der Waals surface area contributed by atoms with Gasteiger partial charge in [0.15, 0.2) is 5.75 Å². The molecule has 21 heavy (non-hydrogen) atoms. The van der Waals surface area contributed by atoms with Gasteiger partial charge < -0.3 is 9.47 Å². The van der Waals surface area contributed by atoms with Crippen LogP contribution in [0.3, 0.4) is 0 Å². The third-order valence-electron chi connectivity index (χ3n) is 3.18. The largest absolute Gasteiger partial charge is 0.513 e. The van der Waals surface area contributed by atoms with Crippen molar-refractivity contribution in [3.05, 3.63) is 52.5 Å². The average molecular weight is 321 g/mol. The topological polar surface area (TPSA) is 35.5 Å². The molecule has 0 amide bonds. The highest BCUT2D eigenvalue weighted by atomic mass is 35.5. The normalized spacial score (nSPS) is 10.8. The van der Waals surface area contributed by atoms with E-state index in [2.05, 4.69) is 4.74 Å². The highest BCUT2D eigenvalue weighted by Gasteiger charge is 2.16. The molecule has 0 N–H and O–H groups in total. The van der Waals surface area contributed by atoms with E-state index in [1.165, 1.54) is 7.11 Å². The molecular weight excluding hydrogens is 311 g/mol. The fraction of sp³-hybridized carbons (Fsp3) is 0.0625. The molecule has 0 aliphatic heterocycles. The molecule has 0 fully saturated rings. The zero-order chi connectivity index (χ0) is 15.0. The molecule has 0 aliphatic rings. The predicted molar refractivity (Wildman–Crippen MR) is 84.5 cm³/mol. The smallest absolute Gasteiger partial charge is 0.437 e. The number of ether oxygens (including phenoxy) is 2. The Hall–Kier alpha value is -1.97. The van der Waals surface area contributed by atoms with E-state index in [0.717, 1.165) is 16.2 Å². The van der Waals surface area contributed by atoms with Crippen molar-refractivity contribution in [2.75, 3.05) is 7.11 Å². The van der Waals surface area contributed by atoms with Gasteiger partial charge in [-0.05, 0) is 29.0 Å². The first-order valence-corrected chi connectivity index (χ1v) is 6.92. The van der Waals surface area contributed by atoms with E-state index in [1.54, 1.807) is 12.1 Å². The molecule has 3 nitrogen and oxygen atoms in total. The standard InChI is InChI=1S/C16H10Cl2O3/c1-20-16(19)21-15-12-5-3-2-4-9(12)6-10-7-11(17)8-13(18)14(10)15/h2-8H,1H3. The van der Waals surface area contributed by atoms with Crippen LogP contribution in [-0.2, 0) is 4.74 Å². The van der Waals surface area contributed by atoms with Gasteiger partial charge >= 0.3 is 6.16 Å². The minimum Gasteiger partial charge on any atom is -0.437 e. The zero-order valence-electron chi connectivity index (χ0n) is 11.0. The van der Waals surface area contributed by atoms with Gasteiger partial charge in [-0.25, -0.2) is 4.79 Å². The Kier molecular flexibility index (Phi) is 3.62. The second kappa shape index (κ2) is 5.43. The lowest BCUT2D eigenvalue weighted by molar-refractivity contribution is 0.122. The molecule has 0 aliphatic carbocycles. The third kappa shape index (κ3) is 2.50.